The van der Waals surface area contributed by atoms with Gasteiger partial charge in [0, 0.05) is 0 Å². The Hall–Kier alpha value is -1.13. The first kappa shape index (κ1) is 16.2. The molecule has 0 radical (unpaired) electrons. The third kappa shape index (κ3) is 4.17. The molecule has 1 aromatic rings. The lowest BCUT2D eigenvalue weighted by atomic mass is 10.2. The van der Waals surface area contributed by atoms with Crippen molar-refractivity contribution < 1.29 is 18.3 Å². The van der Waals surface area contributed by atoms with E-state index in [1.807, 2.05) is 50.3 Å². The van der Waals surface area contributed by atoms with E-state index in [2.05, 4.69) is 5.32 Å². The predicted molar refractivity (Wildman–Crippen MR) is 83.6 cm³/mol. The fourth-order valence-corrected chi connectivity index (χ4v) is 4.04. The first-order chi connectivity index (χ1) is 10.1. The van der Waals surface area contributed by atoms with Crippen molar-refractivity contribution in [2.75, 3.05) is 20.3 Å². The maximum atomic E-state index is 12.5. The fraction of sp³-hybridized carbons (Fsp3) is 0.467. The second-order valence-corrected chi connectivity index (χ2v) is 6.80. The molecule has 0 aromatic heterocycles. The second kappa shape index (κ2) is 7.23. The van der Waals surface area contributed by atoms with E-state index in [1.54, 1.807) is 7.11 Å². The summed E-state index contributed by atoms with van der Waals surface area (Å²) in [4.78, 5) is 0. The van der Waals surface area contributed by atoms with E-state index in [9.17, 15) is 4.57 Å². The lowest BCUT2D eigenvalue weighted by Gasteiger charge is -2.15. The van der Waals surface area contributed by atoms with Crippen LogP contribution in [0.2, 0.25) is 0 Å². The summed E-state index contributed by atoms with van der Waals surface area (Å²) in [5.41, 5.74) is 1.06. The highest BCUT2D eigenvalue weighted by Crippen LogP contribution is 2.57. The minimum atomic E-state index is -3.05. The minimum Gasteiger partial charge on any atom is -0.497 e. The second-order valence-electron chi connectivity index (χ2n) is 4.64. The molecule has 2 atom stereocenters. The van der Waals surface area contributed by atoms with E-state index in [0.29, 0.717) is 13.2 Å². The molecule has 1 saturated heterocycles. The number of methoxy groups -OCH3 is 1. The van der Waals surface area contributed by atoms with Crippen molar-refractivity contribution in [2.24, 2.45) is 0 Å². The molecule has 21 heavy (non-hydrogen) atoms. The smallest absolute Gasteiger partial charge is 0.349 e. The molecule has 0 spiro atoms. The number of hydrogen-bond donors (Lipinski definition) is 1. The molecule has 0 amide bonds. The van der Waals surface area contributed by atoms with E-state index in [4.69, 9.17) is 13.8 Å². The summed E-state index contributed by atoms with van der Waals surface area (Å²) in [6.45, 7) is 4.39. The Morgan fingerprint density at radius 1 is 1.19 bits per heavy atom. The average molecular weight is 311 g/mol. The first-order valence-electron chi connectivity index (χ1n) is 7.10. The van der Waals surface area contributed by atoms with Crippen LogP contribution in [0.25, 0.3) is 6.08 Å². The minimum absolute atomic E-state index is 0.0241. The fourth-order valence-electron chi connectivity index (χ4n) is 2.08. The van der Waals surface area contributed by atoms with Crippen LogP contribution in [0.4, 0.5) is 0 Å². The van der Waals surface area contributed by atoms with Crippen molar-refractivity contribution in [3.05, 3.63) is 35.9 Å². The number of rotatable bonds is 8. The zero-order chi connectivity index (χ0) is 15.3. The van der Waals surface area contributed by atoms with Crippen LogP contribution in [0.5, 0.6) is 5.75 Å². The van der Waals surface area contributed by atoms with Crippen LogP contribution in [0, 0.1) is 0 Å². The predicted octanol–water partition coefficient (Wildman–Crippen LogP) is 3.27. The van der Waals surface area contributed by atoms with Gasteiger partial charge in [-0.2, -0.15) is 0 Å². The highest BCUT2D eigenvalue weighted by atomic mass is 31.2. The Kier molecular flexibility index (Phi) is 5.59. The largest absolute Gasteiger partial charge is 0.497 e. The molecule has 1 N–H and O–H groups in total. The topological polar surface area (TPSA) is 66.7 Å². The molecule has 5 nitrogen and oxygen atoms in total. The van der Waals surface area contributed by atoms with Crippen molar-refractivity contribution in [2.45, 2.75) is 25.7 Å². The van der Waals surface area contributed by atoms with E-state index in [1.165, 1.54) is 0 Å². The summed E-state index contributed by atoms with van der Waals surface area (Å²) in [7, 11) is -1.41. The van der Waals surface area contributed by atoms with Crippen molar-refractivity contribution in [1.82, 2.24) is 5.32 Å². The molecular weight excluding hydrogens is 289 g/mol. The lowest BCUT2D eigenvalue weighted by Crippen LogP contribution is -2.04. The summed E-state index contributed by atoms with van der Waals surface area (Å²) in [5.74, 6) is 0.582. The van der Waals surface area contributed by atoms with Gasteiger partial charge in [-0.1, -0.05) is 24.3 Å². The summed E-state index contributed by atoms with van der Waals surface area (Å²) >= 11 is 0. The van der Waals surface area contributed by atoms with Gasteiger partial charge in [0.25, 0.3) is 0 Å². The van der Waals surface area contributed by atoms with Crippen molar-refractivity contribution in [3.63, 3.8) is 0 Å². The van der Waals surface area contributed by atoms with Gasteiger partial charge in [-0.05, 0) is 31.5 Å². The Bertz CT molecular complexity index is 519. The first-order valence-corrected chi connectivity index (χ1v) is 8.71. The van der Waals surface area contributed by atoms with Crippen LogP contribution in [0.1, 0.15) is 19.4 Å². The molecule has 2 rings (SSSR count). The molecule has 1 aliphatic rings. The zero-order valence-corrected chi connectivity index (χ0v) is 13.5. The van der Waals surface area contributed by atoms with Gasteiger partial charge in [-0.25, -0.2) is 0 Å². The average Bonchev–Trinajstić information content (AvgIpc) is 3.26. The third-order valence-corrected chi connectivity index (χ3v) is 5.55. The molecular formula is C15H22NO4P. The maximum absolute atomic E-state index is 12.5. The van der Waals surface area contributed by atoms with Crippen LogP contribution >= 0.6 is 7.60 Å². The number of nitrogens with one attached hydrogen (secondary N) is 1. The molecule has 0 aliphatic carbocycles. The monoisotopic (exact) mass is 311 g/mol. The summed E-state index contributed by atoms with van der Waals surface area (Å²) in [6, 6.07) is 7.77. The van der Waals surface area contributed by atoms with Crippen LogP contribution < -0.4 is 10.1 Å². The highest BCUT2D eigenvalue weighted by Gasteiger charge is 2.51. The van der Waals surface area contributed by atoms with Crippen LogP contribution in [-0.4, -0.2) is 32.1 Å². The van der Waals surface area contributed by atoms with Crippen molar-refractivity contribution in [1.29, 1.82) is 0 Å². The van der Waals surface area contributed by atoms with Gasteiger partial charge in [0.1, 0.15) is 11.5 Å². The van der Waals surface area contributed by atoms with Crippen molar-refractivity contribution >= 4 is 13.7 Å². The van der Waals surface area contributed by atoms with E-state index < -0.39 is 7.60 Å². The standard InChI is InChI=1S/C15H22NO4P/c1-4-19-21(17,20-5-2)15-14(16-15)11-8-12-6-9-13(18-3)10-7-12/h6-11,14-16H,4-5H2,1-3H3/b11-8+. The van der Waals surface area contributed by atoms with Gasteiger partial charge in [0.05, 0.1) is 26.4 Å². The van der Waals surface area contributed by atoms with Crippen LogP contribution in [0.15, 0.2) is 30.3 Å². The zero-order valence-electron chi connectivity index (χ0n) is 12.6. The molecule has 1 heterocycles. The van der Waals surface area contributed by atoms with Crippen LogP contribution in [0.3, 0.4) is 0 Å². The highest BCUT2D eigenvalue weighted by molar-refractivity contribution is 7.55. The molecule has 116 valence electrons. The number of benzene rings is 1. The summed E-state index contributed by atoms with van der Waals surface area (Å²) in [5, 5.41) is 3.15. The maximum Gasteiger partial charge on any atom is 0.349 e. The Morgan fingerprint density at radius 3 is 2.33 bits per heavy atom. The van der Waals surface area contributed by atoms with Crippen LogP contribution in [-0.2, 0) is 13.6 Å². The van der Waals surface area contributed by atoms with E-state index in [-0.39, 0.29) is 11.8 Å². The Balaban J connectivity index is 1.95. The quantitative estimate of drug-likeness (QED) is 0.589. The third-order valence-electron chi connectivity index (χ3n) is 3.16. The molecule has 6 heteroatoms. The number of hydrogen-bond acceptors (Lipinski definition) is 5. The Labute approximate surface area is 125 Å². The summed E-state index contributed by atoms with van der Waals surface area (Å²) in [6.07, 6.45) is 3.97. The molecule has 1 aromatic carbocycles. The summed E-state index contributed by atoms with van der Waals surface area (Å²) < 4.78 is 28.3. The van der Waals surface area contributed by atoms with E-state index in [0.717, 1.165) is 11.3 Å². The molecule has 1 fully saturated rings. The SMILES string of the molecule is CCOP(=O)(OCC)C1NC1/C=C/c1ccc(OC)cc1. The molecule has 1 aliphatic heterocycles. The van der Waals surface area contributed by atoms with E-state index >= 15 is 0 Å². The number of ether oxygens (including phenoxy) is 1. The molecule has 0 saturated carbocycles. The van der Waals surface area contributed by atoms with Gasteiger partial charge in [0.2, 0.25) is 0 Å². The molecule has 2 unspecified atom stereocenters. The molecule has 0 bridgehead atoms. The van der Waals surface area contributed by atoms with Gasteiger partial charge in [-0.15, -0.1) is 0 Å². The van der Waals surface area contributed by atoms with Gasteiger partial charge in [0.15, 0.2) is 0 Å². The normalized spacial score (nSPS) is 21.7. The van der Waals surface area contributed by atoms with Crippen molar-refractivity contribution in [3.8, 4) is 5.75 Å². The lowest BCUT2D eigenvalue weighted by molar-refractivity contribution is 0.218. The van der Waals surface area contributed by atoms with Gasteiger partial charge in [-0.3, -0.25) is 9.88 Å². The van der Waals surface area contributed by atoms with Gasteiger partial charge >= 0.3 is 7.60 Å². The van der Waals surface area contributed by atoms with Gasteiger partial charge < -0.3 is 13.8 Å². The Morgan fingerprint density at radius 2 is 1.81 bits per heavy atom.